The highest BCUT2D eigenvalue weighted by molar-refractivity contribution is 7.12. The van der Waals surface area contributed by atoms with Gasteiger partial charge >= 0.3 is 11.7 Å². The van der Waals surface area contributed by atoms with Gasteiger partial charge in [0, 0.05) is 28.2 Å². The number of hydrogen-bond acceptors (Lipinski definition) is 4. The van der Waals surface area contributed by atoms with Crippen LogP contribution < -0.4 is 9.88 Å². The molecule has 1 aliphatic heterocycles. The second-order valence-electron chi connectivity index (χ2n) is 7.78. The SMILES string of the molecule is CCc1ccc(CC2Nc3c(Cc4ccccc4)nc(-c4ccccc4)c[n+]3C2=O)s1. The molecule has 0 aliphatic carbocycles. The monoisotopic (exact) mass is 426 g/mol. The van der Waals surface area contributed by atoms with Crippen molar-refractivity contribution in [3.05, 3.63) is 100 Å². The molecule has 4 nitrogen and oxygen atoms in total. The molecule has 154 valence electrons. The van der Waals surface area contributed by atoms with Gasteiger partial charge in [0.15, 0.2) is 6.04 Å². The van der Waals surface area contributed by atoms with Gasteiger partial charge in [-0.3, -0.25) is 5.32 Å². The molecular formula is C26H24N3OS+. The number of hydrogen-bond donors (Lipinski definition) is 1. The maximum Gasteiger partial charge on any atom is 0.359 e. The molecule has 0 amide bonds. The molecule has 1 unspecified atom stereocenters. The number of fused-ring (bicyclic) bond motifs is 1. The minimum atomic E-state index is -0.272. The van der Waals surface area contributed by atoms with E-state index in [4.69, 9.17) is 4.98 Å². The van der Waals surface area contributed by atoms with Crippen molar-refractivity contribution in [1.82, 2.24) is 4.98 Å². The molecule has 0 radical (unpaired) electrons. The van der Waals surface area contributed by atoms with Gasteiger partial charge in [0.25, 0.3) is 0 Å². The molecule has 0 saturated carbocycles. The summed E-state index contributed by atoms with van der Waals surface area (Å²) in [4.78, 5) is 20.9. The standard InChI is InChI=1S/C26H23N3OS/c1-2-20-13-14-21(31-20)16-23-26(30)29-17-24(19-11-7-4-8-12-19)27-22(25(29)28-23)15-18-9-5-3-6-10-18/h3-14,17,23H,2,15-16H2,1H3/p+1. The number of nitrogens with one attached hydrogen (secondary N) is 1. The normalized spacial score (nSPS) is 15.0. The Balaban J connectivity index is 1.52. The smallest absolute Gasteiger partial charge is 0.258 e. The highest BCUT2D eigenvalue weighted by Gasteiger charge is 2.41. The Morgan fingerprint density at radius 3 is 2.39 bits per heavy atom. The second kappa shape index (κ2) is 8.44. The van der Waals surface area contributed by atoms with E-state index in [0.29, 0.717) is 12.8 Å². The van der Waals surface area contributed by atoms with Crippen LogP contribution in [0, 0.1) is 0 Å². The minimum absolute atomic E-state index is 0.0790. The van der Waals surface area contributed by atoms with Gasteiger partial charge in [-0.2, -0.15) is 4.57 Å². The van der Waals surface area contributed by atoms with E-state index in [1.807, 2.05) is 54.7 Å². The summed E-state index contributed by atoms with van der Waals surface area (Å²) in [5.41, 5.74) is 3.89. The van der Waals surface area contributed by atoms with Crippen LogP contribution in [-0.2, 0) is 19.3 Å². The van der Waals surface area contributed by atoms with E-state index < -0.39 is 0 Å². The summed E-state index contributed by atoms with van der Waals surface area (Å²) in [6.45, 7) is 2.16. The number of benzene rings is 2. The van der Waals surface area contributed by atoms with Crippen molar-refractivity contribution < 1.29 is 9.36 Å². The summed E-state index contributed by atoms with van der Waals surface area (Å²) in [5.74, 6) is 0.890. The fourth-order valence-corrected chi connectivity index (χ4v) is 5.00. The number of thiophene rings is 1. The van der Waals surface area contributed by atoms with Crippen molar-refractivity contribution >= 4 is 23.1 Å². The Hall–Kier alpha value is -3.31. The topological polar surface area (TPSA) is 45.9 Å². The average Bonchev–Trinajstić information content (AvgIpc) is 3.40. The molecule has 0 saturated heterocycles. The summed E-state index contributed by atoms with van der Waals surface area (Å²) < 4.78 is 1.77. The maximum absolute atomic E-state index is 13.3. The molecule has 2 aromatic carbocycles. The lowest BCUT2D eigenvalue weighted by molar-refractivity contribution is -0.552. The van der Waals surface area contributed by atoms with Gasteiger partial charge in [0.2, 0.25) is 0 Å². The van der Waals surface area contributed by atoms with Crippen LogP contribution in [0.3, 0.4) is 0 Å². The van der Waals surface area contributed by atoms with Crippen molar-refractivity contribution in [2.24, 2.45) is 0 Å². The number of carbonyl (C=O) groups excluding carboxylic acids is 1. The first-order valence-corrected chi connectivity index (χ1v) is 11.5. The largest absolute Gasteiger partial charge is 0.359 e. The Morgan fingerprint density at radius 2 is 1.68 bits per heavy atom. The van der Waals surface area contributed by atoms with Crippen LogP contribution in [0.1, 0.15) is 32.7 Å². The highest BCUT2D eigenvalue weighted by atomic mass is 32.1. The predicted octanol–water partition coefficient (Wildman–Crippen LogP) is 4.93. The summed E-state index contributed by atoms with van der Waals surface area (Å²) in [5, 5.41) is 3.49. The molecule has 5 rings (SSSR count). The van der Waals surface area contributed by atoms with E-state index in [1.54, 1.807) is 15.9 Å². The average molecular weight is 427 g/mol. The van der Waals surface area contributed by atoms with E-state index in [1.165, 1.54) is 15.3 Å². The Bertz CT molecular complexity index is 1220. The summed E-state index contributed by atoms with van der Waals surface area (Å²) in [7, 11) is 0. The van der Waals surface area contributed by atoms with E-state index >= 15 is 0 Å². The molecule has 0 spiro atoms. The maximum atomic E-state index is 13.3. The minimum Gasteiger partial charge on any atom is -0.258 e. The van der Waals surface area contributed by atoms with Gasteiger partial charge in [-0.05, 0) is 24.1 Å². The van der Waals surface area contributed by atoms with Gasteiger partial charge in [-0.15, -0.1) is 11.3 Å². The summed E-state index contributed by atoms with van der Waals surface area (Å²) >= 11 is 1.79. The molecule has 0 bridgehead atoms. The van der Waals surface area contributed by atoms with Crippen molar-refractivity contribution in [3.63, 3.8) is 0 Å². The fourth-order valence-electron chi connectivity index (χ4n) is 4.00. The number of aromatic nitrogens is 2. The van der Waals surface area contributed by atoms with Gasteiger partial charge in [-0.1, -0.05) is 67.6 Å². The van der Waals surface area contributed by atoms with Crippen LogP contribution in [0.4, 0.5) is 5.82 Å². The molecular weight excluding hydrogens is 402 g/mol. The number of anilines is 1. The van der Waals surface area contributed by atoms with Crippen molar-refractivity contribution in [3.8, 4) is 11.3 Å². The number of nitrogens with zero attached hydrogens (tertiary/aromatic N) is 2. The van der Waals surface area contributed by atoms with Crippen LogP contribution in [0.5, 0.6) is 0 Å². The lowest BCUT2D eigenvalue weighted by Crippen LogP contribution is -2.44. The van der Waals surface area contributed by atoms with Crippen molar-refractivity contribution in [1.29, 1.82) is 0 Å². The Kier molecular flexibility index (Phi) is 5.35. The molecule has 5 heteroatoms. The number of rotatable bonds is 6. The zero-order valence-electron chi connectivity index (χ0n) is 17.4. The molecule has 1 N–H and O–H groups in total. The summed E-state index contributed by atoms with van der Waals surface area (Å²) in [6.07, 6.45) is 4.26. The third-order valence-electron chi connectivity index (χ3n) is 5.62. The van der Waals surface area contributed by atoms with E-state index in [-0.39, 0.29) is 11.9 Å². The Morgan fingerprint density at radius 1 is 0.968 bits per heavy atom. The quantitative estimate of drug-likeness (QED) is 0.445. The Labute approximate surface area is 186 Å². The first-order valence-electron chi connectivity index (χ1n) is 10.6. The first kappa shape index (κ1) is 19.6. The fraction of sp³-hybridized carbons (Fsp3) is 0.192. The van der Waals surface area contributed by atoms with Crippen LogP contribution >= 0.6 is 11.3 Å². The molecule has 0 fully saturated rings. The van der Waals surface area contributed by atoms with Crippen LogP contribution in [0.15, 0.2) is 79.0 Å². The number of carbonyl (C=O) groups is 1. The van der Waals surface area contributed by atoms with Crippen LogP contribution in [0.25, 0.3) is 11.3 Å². The molecule has 1 aliphatic rings. The zero-order valence-corrected chi connectivity index (χ0v) is 18.2. The van der Waals surface area contributed by atoms with Crippen LogP contribution in [-0.4, -0.2) is 16.9 Å². The van der Waals surface area contributed by atoms with Gasteiger partial charge in [0.1, 0.15) is 17.6 Å². The summed E-state index contributed by atoms with van der Waals surface area (Å²) in [6, 6.07) is 24.4. The van der Waals surface area contributed by atoms with Crippen molar-refractivity contribution in [2.75, 3.05) is 5.32 Å². The highest BCUT2D eigenvalue weighted by Crippen LogP contribution is 2.26. The van der Waals surface area contributed by atoms with E-state index in [9.17, 15) is 4.79 Å². The lowest BCUT2D eigenvalue weighted by atomic mass is 10.1. The van der Waals surface area contributed by atoms with E-state index in [0.717, 1.165) is 29.2 Å². The van der Waals surface area contributed by atoms with E-state index in [2.05, 4.69) is 36.5 Å². The second-order valence-corrected chi connectivity index (χ2v) is 9.03. The van der Waals surface area contributed by atoms with Crippen LogP contribution in [0.2, 0.25) is 0 Å². The lowest BCUT2D eigenvalue weighted by Gasteiger charge is -2.07. The molecule has 1 atom stereocenters. The van der Waals surface area contributed by atoms with Gasteiger partial charge in [0.05, 0.1) is 0 Å². The van der Waals surface area contributed by atoms with Gasteiger partial charge in [-0.25, -0.2) is 9.78 Å². The first-order chi connectivity index (χ1) is 15.2. The molecule has 31 heavy (non-hydrogen) atoms. The zero-order chi connectivity index (χ0) is 21.2. The molecule has 4 aromatic rings. The molecule has 2 aromatic heterocycles. The third kappa shape index (κ3) is 4.01. The third-order valence-corrected chi connectivity index (χ3v) is 6.87. The van der Waals surface area contributed by atoms with Crippen molar-refractivity contribution in [2.45, 2.75) is 32.2 Å². The predicted molar refractivity (Wildman–Crippen MR) is 125 cm³/mol. The number of aryl methyl sites for hydroxylation is 1. The molecule has 3 heterocycles. The van der Waals surface area contributed by atoms with Gasteiger partial charge < -0.3 is 0 Å².